The van der Waals surface area contributed by atoms with E-state index in [1.807, 2.05) is 27.7 Å². The predicted molar refractivity (Wildman–Crippen MR) is 53.0 cm³/mol. The zero-order valence-electron chi connectivity index (χ0n) is 9.28. The Morgan fingerprint density at radius 3 is 2.43 bits per heavy atom. The summed E-state index contributed by atoms with van der Waals surface area (Å²) >= 11 is 0. The summed E-state index contributed by atoms with van der Waals surface area (Å²) in [6.45, 7) is 7.81. The number of likely N-dealkylation sites (tertiary alicyclic amines) is 1. The lowest BCUT2D eigenvalue weighted by Crippen LogP contribution is -2.39. The van der Waals surface area contributed by atoms with Crippen molar-refractivity contribution >= 4 is 6.09 Å². The molecule has 14 heavy (non-hydrogen) atoms. The van der Waals surface area contributed by atoms with Crippen LogP contribution in [0.4, 0.5) is 4.79 Å². The van der Waals surface area contributed by atoms with Crippen molar-refractivity contribution in [3.8, 4) is 0 Å². The van der Waals surface area contributed by atoms with Crippen LogP contribution in [0.15, 0.2) is 0 Å². The molecule has 1 aliphatic rings. The minimum Gasteiger partial charge on any atom is -0.444 e. The van der Waals surface area contributed by atoms with Crippen LogP contribution in [0, 0.1) is 0 Å². The molecule has 0 bridgehead atoms. The van der Waals surface area contributed by atoms with E-state index in [0.717, 1.165) is 0 Å². The van der Waals surface area contributed by atoms with Crippen molar-refractivity contribution in [2.75, 3.05) is 6.54 Å². The first-order valence-corrected chi connectivity index (χ1v) is 4.97. The molecule has 1 rings (SSSR count). The van der Waals surface area contributed by atoms with Crippen LogP contribution in [-0.4, -0.2) is 40.4 Å². The van der Waals surface area contributed by atoms with Gasteiger partial charge in [-0.15, -0.1) is 0 Å². The number of hydrogen-bond acceptors (Lipinski definition) is 3. The lowest BCUT2D eigenvalue weighted by atomic mass is 10.2. The standard InChI is InChI=1S/C10H19NO3/c1-7-5-8(12)6-11(7)9(13)14-10(2,3)4/h7-8,12H,5-6H2,1-4H3/t7-,8+/m1/s1. The Morgan fingerprint density at radius 2 is 2.07 bits per heavy atom. The molecule has 0 aromatic carbocycles. The highest BCUT2D eigenvalue weighted by molar-refractivity contribution is 5.69. The van der Waals surface area contributed by atoms with E-state index in [-0.39, 0.29) is 12.1 Å². The van der Waals surface area contributed by atoms with E-state index in [2.05, 4.69) is 0 Å². The fourth-order valence-electron chi connectivity index (χ4n) is 1.58. The van der Waals surface area contributed by atoms with Crippen LogP contribution in [0.25, 0.3) is 0 Å². The molecule has 0 aromatic rings. The third-order valence-electron chi connectivity index (χ3n) is 2.18. The number of aliphatic hydroxyl groups is 1. The molecule has 1 heterocycles. The van der Waals surface area contributed by atoms with E-state index in [1.165, 1.54) is 0 Å². The topological polar surface area (TPSA) is 49.8 Å². The van der Waals surface area contributed by atoms with E-state index in [0.29, 0.717) is 13.0 Å². The summed E-state index contributed by atoms with van der Waals surface area (Å²) in [6, 6.07) is 0.0693. The highest BCUT2D eigenvalue weighted by Gasteiger charge is 2.33. The molecule has 0 unspecified atom stereocenters. The molecule has 1 fully saturated rings. The lowest BCUT2D eigenvalue weighted by molar-refractivity contribution is 0.0220. The number of hydrogen-bond donors (Lipinski definition) is 1. The summed E-state index contributed by atoms with van der Waals surface area (Å²) in [7, 11) is 0. The molecule has 0 radical (unpaired) electrons. The number of β-amino-alcohol motifs (C(OH)–C–C–N with tert-alkyl or cyclic N) is 1. The van der Waals surface area contributed by atoms with Gasteiger partial charge in [-0.2, -0.15) is 0 Å². The Hall–Kier alpha value is -0.770. The van der Waals surface area contributed by atoms with Gasteiger partial charge < -0.3 is 14.7 Å². The lowest BCUT2D eigenvalue weighted by Gasteiger charge is -2.26. The average molecular weight is 201 g/mol. The maximum Gasteiger partial charge on any atom is 0.410 e. The maximum atomic E-state index is 11.6. The molecule has 4 heteroatoms. The number of nitrogens with zero attached hydrogens (tertiary/aromatic N) is 1. The molecular formula is C10H19NO3. The number of aliphatic hydroxyl groups excluding tert-OH is 1. The number of ether oxygens (including phenoxy) is 1. The fraction of sp³-hybridized carbons (Fsp3) is 0.900. The van der Waals surface area contributed by atoms with Crippen molar-refractivity contribution in [2.24, 2.45) is 0 Å². The molecule has 1 amide bonds. The maximum absolute atomic E-state index is 11.6. The Morgan fingerprint density at radius 1 is 1.50 bits per heavy atom. The van der Waals surface area contributed by atoms with Gasteiger partial charge in [0.1, 0.15) is 5.60 Å². The Kier molecular flexibility index (Phi) is 3.04. The summed E-state index contributed by atoms with van der Waals surface area (Å²) in [5.41, 5.74) is -0.468. The van der Waals surface area contributed by atoms with Gasteiger partial charge in [0.15, 0.2) is 0 Å². The van der Waals surface area contributed by atoms with Crippen LogP contribution in [-0.2, 0) is 4.74 Å². The van der Waals surface area contributed by atoms with Crippen LogP contribution in [0.5, 0.6) is 0 Å². The number of rotatable bonds is 0. The van der Waals surface area contributed by atoms with Crippen molar-refractivity contribution in [3.05, 3.63) is 0 Å². The van der Waals surface area contributed by atoms with Crippen LogP contribution < -0.4 is 0 Å². The first-order chi connectivity index (χ1) is 6.29. The second-order valence-corrected chi connectivity index (χ2v) is 4.87. The molecule has 0 saturated carbocycles. The summed E-state index contributed by atoms with van der Waals surface area (Å²) in [6.07, 6.45) is -0.0988. The smallest absolute Gasteiger partial charge is 0.410 e. The Balaban J connectivity index is 2.53. The van der Waals surface area contributed by atoms with Crippen molar-refractivity contribution in [1.82, 2.24) is 4.90 Å². The van der Waals surface area contributed by atoms with Crippen LogP contribution >= 0.6 is 0 Å². The van der Waals surface area contributed by atoms with Crippen LogP contribution in [0.1, 0.15) is 34.1 Å². The highest BCUT2D eigenvalue weighted by Crippen LogP contribution is 2.20. The second-order valence-electron chi connectivity index (χ2n) is 4.87. The van der Waals surface area contributed by atoms with Crippen molar-refractivity contribution in [2.45, 2.75) is 51.9 Å². The van der Waals surface area contributed by atoms with Crippen LogP contribution in [0.2, 0.25) is 0 Å². The molecule has 0 aromatic heterocycles. The fourth-order valence-corrected chi connectivity index (χ4v) is 1.58. The molecule has 1 aliphatic heterocycles. The first kappa shape index (κ1) is 11.3. The minimum atomic E-state index is -0.468. The van der Waals surface area contributed by atoms with Gasteiger partial charge in [0.2, 0.25) is 0 Å². The summed E-state index contributed by atoms with van der Waals surface area (Å²) in [5, 5.41) is 9.37. The van der Waals surface area contributed by atoms with E-state index in [9.17, 15) is 9.90 Å². The van der Waals surface area contributed by atoms with Gasteiger partial charge in [0.25, 0.3) is 0 Å². The quantitative estimate of drug-likeness (QED) is 0.644. The van der Waals surface area contributed by atoms with E-state index >= 15 is 0 Å². The van der Waals surface area contributed by atoms with Gasteiger partial charge in [0, 0.05) is 6.04 Å². The molecule has 1 N–H and O–H groups in total. The molecule has 1 saturated heterocycles. The van der Waals surface area contributed by atoms with Gasteiger partial charge in [0.05, 0.1) is 12.6 Å². The molecule has 0 aliphatic carbocycles. The zero-order chi connectivity index (χ0) is 10.9. The first-order valence-electron chi connectivity index (χ1n) is 4.97. The third kappa shape index (κ3) is 2.87. The molecular weight excluding hydrogens is 182 g/mol. The van der Waals surface area contributed by atoms with E-state index in [1.54, 1.807) is 4.90 Å². The largest absolute Gasteiger partial charge is 0.444 e. The summed E-state index contributed by atoms with van der Waals surface area (Å²) in [4.78, 5) is 13.2. The third-order valence-corrected chi connectivity index (χ3v) is 2.18. The summed E-state index contributed by atoms with van der Waals surface area (Å²) in [5.74, 6) is 0. The van der Waals surface area contributed by atoms with Gasteiger partial charge in [-0.1, -0.05) is 0 Å². The highest BCUT2D eigenvalue weighted by atomic mass is 16.6. The van der Waals surface area contributed by atoms with Crippen molar-refractivity contribution < 1.29 is 14.6 Å². The second kappa shape index (κ2) is 3.77. The summed E-state index contributed by atoms with van der Waals surface area (Å²) < 4.78 is 5.22. The Bertz CT molecular complexity index is 222. The van der Waals surface area contributed by atoms with Gasteiger partial charge in [-0.3, -0.25) is 0 Å². The molecule has 4 nitrogen and oxygen atoms in total. The monoisotopic (exact) mass is 201 g/mol. The SMILES string of the molecule is C[C@@H]1C[C@H](O)CN1C(=O)OC(C)(C)C. The average Bonchev–Trinajstić information content (AvgIpc) is 2.26. The van der Waals surface area contributed by atoms with Gasteiger partial charge in [-0.05, 0) is 34.1 Å². The minimum absolute atomic E-state index is 0.0693. The molecule has 82 valence electrons. The van der Waals surface area contributed by atoms with Crippen molar-refractivity contribution in [1.29, 1.82) is 0 Å². The van der Waals surface area contributed by atoms with E-state index < -0.39 is 11.7 Å². The van der Waals surface area contributed by atoms with Gasteiger partial charge in [-0.25, -0.2) is 4.79 Å². The normalized spacial score (nSPS) is 27.9. The number of amides is 1. The van der Waals surface area contributed by atoms with Crippen LogP contribution in [0.3, 0.4) is 0 Å². The van der Waals surface area contributed by atoms with E-state index in [4.69, 9.17) is 4.74 Å². The molecule has 2 atom stereocenters. The zero-order valence-corrected chi connectivity index (χ0v) is 9.28. The molecule has 0 spiro atoms. The predicted octanol–water partition coefficient (Wildman–Crippen LogP) is 1.38. The van der Waals surface area contributed by atoms with Gasteiger partial charge >= 0.3 is 6.09 Å². The number of carbonyl (C=O) groups is 1. The Labute approximate surface area is 84.8 Å². The number of carbonyl (C=O) groups excluding carboxylic acids is 1. The van der Waals surface area contributed by atoms with Crippen molar-refractivity contribution in [3.63, 3.8) is 0 Å².